The number of esters is 1. The molecule has 1 fully saturated rings. The van der Waals surface area contributed by atoms with Gasteiger partial charge in [-0.2, -0.15) is 0 Å². The van der Waals surface area contributed by atoms with Crippen molar-refractivity contribution in [2.24, 2.45) is 0 Å². The Labute approximate surface area is 157 Å². The molecule has 1 atom stereocenters. The normalized spacial score (nSPS) is 14.4. The van der Waals surface area contributed by atoms with Crippen molar-refractivity contribution in [3.05, 3.63) is 65.7 Å². The second-order valence-corrected chi connectivity index (χ2v) is 6.29. The van der Waals surface area contributed by atoms with Crippen LogP contribution in [0.3, 0.4) is 0 Å². The molecule has 0 bridgehead atoms. The van der Waals surface area contributed by atoms with Crippen LogP contribution in [-0.4, -0.2) is 42.8 Å². The molecule has 0 aliphatic carbocycles. The minimum atomic E-state index is -0.974. The lowest BCUT2D eigenvalue weighted by Crippen LogP contribution is -2.35. The fourth-order valence-corrected chi connectivity index (χ4v) is 2.94. The van der Waals surface area contributed by atoms with Gasteiger partial charge in [0.1, 0.15) is 12.0 Å². The van der Waals surface area contributed by atoms with Crippen molar-refractivity contribution in [1.82, 2.24) is 4.90 Å². The molecule has 0 N–H and O–H groups in total. The zero-order valence-corrected chi connectivity index (χ0v) is 14.9. The first kappa shape index (κ1) is 18.6. The molecule has 6 nitrogen and oxygen atoms in total. The predicted molar refractivity (Wildman–Crippen MR) is 98.4 cm³/mol. The minimum absolute atomic E-state index is 0.206. The van der Waals surface area contributed by atoms with Gasteiger partial charge >= 0.3 is 5.97 Å². The lowest BCUT2D eigenvalue weighted by atomic mass is 10.1. The van der Waals surface area contributed by atoms with Crippen molar-refractivity contribution in [3.63, 3.8) is 0 Å². The molecule has 1 aliphatic heterocycles. The van der Waals surface area contributed by atoms with Crippen molar-refractivity contribution >= 4 is 18.2 Å². The summed E-state index contributed by atoms with van der Waals surface area (Å²) in [5.41, 5.74) is 1.16. The molecule has 1 amide bonds. The standard InChI is InChI=1S/C21H21NO5/c23-14-16-8-10-18(11-9-16)26-15-19(24)27-20(17-6-2-1-3-7-17)21(25)22-12-4-5-13-22/h1-3,6-11,14,20H,4-5,12-13,15H2/t20-/m1/s1. The number of likely N-dealkylation sites (tertiary alicyclic amines) is 1. The van der Waals surface area contributed by atoms with Crippen LogP contribution >= 0.6 is 0 Å². The number of ether oxygens (including phenoxy) is 2. The smallest absolute Gasteiger partial charge is 0.345 e. The maximum atomic E-state index is 12.8. The molecular formula is C21H21NO5. The fraction of sp³-hybridized carbons (Fsp3) is 0.286. The van der Waals surface area contributed by atoms with Crippen molar-refractivity contribution in [2.75, 3.05) is 19.7 Å². The Bertz CT molecular complexity index is 782. The van der Waals surface area contributed by atoms with E-state index in [-0.39, 0.29) is 12.5 Å². The SMILES string of the molecule is O=Cc1ccc(OCC(=O)O[C@@H](C(=O)N2CCCC2)c2ccccc2)cc1. The van der Waals surface area contributed by atoms with Gasteiger partial charge in [0.15, 0.2) is 6.61 Å². The zero-order valence-electron chi connectivity index (χ0n) is 14.9. The molecule has 27 heavy (non-hydrogen) atoms. The highest BCUT2D eigenvalue weighted by atomic mass is 16.6. The van der Waals surface area contributed by atoms with Crippen molar-refractivity contribution in [1.29, 1.82) is 0 Å². The number of hydrogen-bond acceptors (Lipinski definition) is 5. The molecular weight excluding hydrogens is 346 g/mol. The van der Waals surface area contributed by atoms with E-state index >= 15 is 0 Å². The van der Waals surface area contributed by atoms with Crippen LogP contribution in [0.4, 0.5) is 0 Å². The molecule has 0 radical (unpaired) electrons. The molecule has 1 aliphatic rings. The molecule has 1 saturated heterocycles. The third kappa shape index (κ3) is 4.94. The molecule has 0 spiro atoms. The number of rotatable bonds is 7. The summed E-state index contributed by atoms with van der Waals surface area (Å²) in [6.07, 6.45) is 1.67. The number of aldehydes is 1. The number of nitrogens with zero attached hydrogens (tertiary/aromatic N) is 1. The summed E-state index contributed by atoms with van der Waals surface area (Å²) < 4.78 is 10.9. The van der Waals surface area contributed by atoms with Crippen molar-refractivity contribution in [2.45, 2.75) is 18.9 Å². The van der Waals surface area contributed by atoms with E-state index in [9.17, 15) is 14.4 Å². The Morgan fingerprint density at radius 1 is 1.00 bits per heavy atom. The zero-order chi connectivity index (χ0) is 19.1. The molecule has 6 heteroatoms. The van der Waals surface area contributed by atoms with E-state index in [2.05, 4.69) is 0 Å². The van der Waals surface area contributed by atoms with E-state index in [0.717, 1.165) is 19.1 Å². The predicted octanol–water partition coefficient (Wildman–Crippen LogP) is 2.78. The topological polar surface area (TPSA) is 72.9 Å². The quantitative estimate of drug-likeness (QED) is 0.556. The highest BCUT2D eigenvalue weighted by Crippen LogP contribution is 2.23. The lowest BCUT2D eigenvalue weighted by Gasteiger charge is -2.23. The average molecular weight is 367 g/mol. The molecule has 0 saturated carbocycles. The van der Waals surface area contributed by atoms with E-state index in [1.807, 2.05) is 6.07 Å². The molecule has 2 aromatic rings. The first-order valence-electron chi connectivity index (χ1n) is 8.88. The molecule has 0 unspecified atom stereocenters. The maximum Gasteiger partial charge on any atom is 0.345 e. The highest BCUT2D eigenvalue weighted by molar-refractivity contribution is 5.85. The van der Waals surface area contributed by atoms with Crippen LogP contribution in [0.1, 0.15) is 34.9 Å². The van der Waals surface area contributed by atoms with Gasteiger partial charge in [0.25, 0.3) is 5.91 Å². The van der Waals surface area contributed by atoms with Gasteiger partial charge < -0.3 is 14.4 Å². The lowest BCUT2D eigenvalue weighted by molar-refractivity contribution is -0.162. The van der Waals surface area contributed by atoms with Gasteiger partial charge in [-0.3, -0.25) is 9.59 Å². The van der Waals surface area contributed by atoms with E-state index in [4.69, 9.17) is 9.47 Å². The Kier molecular flexibility index (Phi) is 6.20. The number of benzene rings is 2. The summed E-state index contributed by atoms with van der Waals surface area (Å²) in [6, 6.07) is 15.4. The number of carbonyl (C=O) groups is 3. The number of amides is 1. The monoisotopic (exact) mass is 367 g/mol. The summed E-state index contributed by atoms with van der Waals surface area (Å²) >= 11 is 0. The first-order valence-corrected chi connectivity index (χ1v) is 8.88. The van der Waals surface area contributed by atoms with Gasteiger partial charge in [-0.15, -0.1) is 0 Å². The molecule has 0 aromatic heterocycles. The second kappa shape index (κ2) is 8.98. The first-order chi connectivity index (χ1) is 13.2. The summed E-state index contributed by atoms with van der Waals surface area (Å²) in [6.45, 7) is 1.04. The van der Waals surface area contributed by atoms with Crippen LogP contribution in [-0.2, 0) is 14.3 Å². The van der Waals surface area contributed by atoms with Gasteiger partial charge in [-0.25, -0.2) is 4.79 Å². The Morgan fingerprint density at radius 2 is 1.67 bits per heavy atom. The third-order valence-corrected chi connectivity index (χ3v) is 4.37. The molecule has 2 aromatic carbocycles. The highest BCUT2D eigenvalue weighted by Gasteiger charge is 2.30. The van der Waals surface area contributed by atoms with E-state index in [0.29, 0.717) is 30.0 Å². The van der Waals surface area contributed by atoms with Crippen LogP contribution < -0.4 is 4.74 Å². The number of carbonyl (C=O) groups excluding carboxylic acids is 3. The van der Waals surface area contributed by atoms with Gasteiger partial charge in [0.05, 0.1) is 0 Å². The molecule has 1 heterocycles. The van der Waals surface area contributed by atoms with Crippen LogP contribution in [0.15, 0.2) is 54.6 Å². The summed E-state index contributed by atoms with van der Waals surface area (Å²) in [7, 11) is 0. The summed E-state index contributed by atoms with van der Waals surface area (Å²) in [5, 5.41) is 0. The molecule has 3 rings (SSSR count). The minimum Gasteiger partial charge on any atom is -0.482 e. The van der Waals surface area contributed by atoms with E-state index in [1.54, 1.807) is 53.4 Å². The second-order valence-electron chi connectivity index (χ2n) is 6.29. The van der Waals surface area contributed by atoms with Crippen LogP contribution in [0.25, 0.3) is 0 Å². The van der Waals surface area contributed by atoms with Gasteiger partial charge in [-0.1, -0.05) is 30.3 Å². The fourth-order valence-electron chi connectivity index (χ4n) is 2.94. The Morgan fingerprint density at radius 3 is 2.30 bits per heavy atom. The van der Waals surface area contributed by atoms with E-state index in [1.165, 1.54) is 0 Å². The van der Waals surface area contributed by atoms with Crippen molar-refractivity contribution in [3.8, 4) is 5.75 Å². The summed E-state index contributed by atoms with van der Waals surface area (Å²) in [4.78, 5) is 37.5. The average Bonchev–Trinajstić information content (AvgIpc) is 3.26. The Hall–Kier alpha value is -3.15. The van der Waals surface area contributed by atoms with Crippen LogP contribution in [0, 0.1) is 0 Å². The van der Waals surface area contributed by atoms with Crippen molar-refractivity contribution < 1.29 is 23.9 Å². The van der Waals surface area contributed by atoms with Gasteiger partial charge in [0.2, 0.25) is 6.10 Å². The maximum absolute atomic E-state index is 12.8. The van der Waals surface area contributed by atoms with E-state index < -0.39 is 12.1 Å². The van der Waals surface area contributed by atoms with Crippen LogP contribution in [0.2, 0.25) is 0 Å². The molecule has 140 valence electrons. The van der Waals surface area contributed by atoms with Crippen LogP contribution in [0.5, 0.6) is 5.75 Å². The third-order valence-electron chi connectivity index (χ3n) is 4.37. The Balaban J connectivity index is 1.64. The summed E-state index contributed by atoms with van der Waals surface area (Å²) in [5.74, 6) is -0.391. The number of hydrogen-bond donors (Lipinski definition) is 0. The largest absolute Gasteiger partial charge is 0.482 e. The van der Waals surface area contributed by atoms with Gasteiger partial charge in [0, 0.05) is 24.2 Å². The van der Waals surface area contributed by atoms with Gasteiger partial charge in [-0.05, 0) is 37.1 Å².